The predicted molar refractivity (Wildman–Crippen MR) is 92.4 cm³/mol. The average molecular weight is 295 g/mol. The quantitative estimate of drug-likeness (QED) is 0.834. The highest BCUT2D eigenvalue weighted by molar-refractivity contribution is 4.93. The Labute approximate surface area is 132 Å². The van der Waals surface area contributed by atoms with E-state index in [0.717, 1.165) is 30.5 Å². The van der Waals surface area contributed by atoms with E-state index in [0.29, 0.717) is 5.41 Å². The van der Waals surface area contributed by atoms with Gasteiger partial charge in [0.05, 0.1) is 0 Å². The van der Waals surface area contributed by atoms with Crippen molar-refractivity contribution in [1.29, 1.82) is 0 Å². The Kier molecular flexibility index (Phi) is 6.14. The van der Waals surface area contributed by atoms with Crippen LogP contribution >= 0.6 is 0 Å². The minimum absolute atomic E-state index is 0.450. The van der Waals surface area contributed by atoms with E-state index >= 15 is 0 Å². The highest BCUT2D eigenvalue weighted by Gasteiger charge is 2.39. The topological polar surface area (TPSA) is 29.3 Å². The molecule has 0 amide bonds. The number of likely N-dealkylation sites (tertiary alicyclic amines) is 1. The van der Waals surface area contributed by atoms with E-state index in [2.05, 4.69) is 32.6 Å². The largest absolute Gasteiger partial charge is 0.330 e. The third-order valence-corrected chi connectivity index (χ3v) is 6.30. The van der Waals surface area contributed by atoms with Crippen LogP contribution in [-0.4, -0.2) is 30.1 Å². The molecule has 21 heavy (non-hydrogen) atoms. The molecule has 1 heterocycles. The number of nitrogens with two attached hydrogens (primary N) is 1. The lowest BCUT2D eigenvalue weighted by Gasteiger charge is -2.48. The Morgan fingerprint density at radius 2 is 1.81 bits per heavy atom. The summed E-state index contributed by atoms with van der Waals surface area (Å²) in [6.45, 7) is 11.9. The van der Waals surface area contributed by atoms with Gasteiger partial charge in [0, 0.05) is 12.1 Å². The van der Waals surface area contributed by atoms with Crippen LogP contribution < -0.4 is 5.73 Å². The summed E-state index contributed by atoms with van der Waals surface area (Å²) >= 11 is 0. The maximum atomic E-state index is 6.15. The van der Waals surface area contributed by atoms with Crippen LogP contribution in [0.5, 0.6) is 0 Å². The van der Waals surface area contributed by atoms with Crippen molar-refractivity contribution in [2.24, 2.45) is 23.0 Å². The van der Waals surface area contributed by atoms with Crippen molar-refractivity contribution in [1.82, 2.24) is 4.90 Å². The predicted octanol–water partition coefficient (Wildman–Crippen LogP) is 4.43. The summed E-state index contributed by atoms with van der Waals surface area (Å²) in [5.74, 6) is 1.60. The highest BCUT2D eigenvalue weighted by atomic mass is 15.2. The Hall–Kier alpha value is -0.0800. The lowest BCUT2D eigenvalue weighted by Crippen LogP contribution is -2.52. The molecule has 2 nitrogen and oxygen atoms in total. The normalized spacial score (nSPS) is 36.4. The molecule has 1 saturated carbocycles. The zero-order valence-electron chi connectivity index (χ0n) is 14.9. The van der Waals surface area contributed by atoms with Gasteiger partial charge >= 0.3 is 0 Å². The van der Waals surface area contributed by atoms with Gasteiger partial charge in [0.1, 0.15) is 0 Å². The zero-order valence-corrected chi connectivity index (χ0v) is 14.9. The second kappa shape index (κ2) is 7.46. The van der Waals surface area contributed by atoms with E-state index in [-0.39, 0.29) is 0 Å². The van der Waals surface area contributed by atoms with Crippen molar-refractivity contribution in [3.05, 3.63) is 0 Å². The van der Waals surface area contributed by atoms with Crippen molar-refractivity contribution in [2.45, 2.75) is 91.1 Å². The van der Waals surface area contributed by atoms with Gasteiger partial charge in [-0.3, -0.25) is 4.90 Å². The number of hydrogen-bond acceptors (Lipinski definition) is 2. The number of rotatable bonds is 3. The van der Waals surface area contributed by atoms with Crippen molar-refractivity contribution >= 4 is 0 Å². The van der Waals surface area contributed by atoms with Crippen LogP contribution in [0.1, 0.15) is 79.1 Å². The van der Waals surface area contributed by atoms with Crippen LogP contribution in [0.2, 0.25) is 0 Å². The Morgan fingerprint density at radius 1 is 1.05 bits per heavy atom. The van der Waals surface area contributed by atoms with E-state index in [9.17, 15) is 0 Å². The van der Waals surface area contributed by atoms with Crippen LogP contribution in [0.4, 0.5) is 0 Å². The van der Waals surface area contributed by atoms with Crippen LogP contribution in [0.3, 0.4) is 0 Å². The monoisotopic (exact) mass is 294 g/mol. The van der Waals surface area contributed by atoms with Gasteiger partial charge in [0.25, 0.3) is 0 Å². The maximum absolute atomic E-state index is 6.15. The molecule has 2 N–H and O–H groups in total. The van der Waals surface area contributed by atoms with E-state index < -0.39 is 0 Å². The van der Waals surface area contributed by atoms with Gasteiger partial charge in [-0.15, -0.1) is 0 Å². The standard InChI is InChI=1S/C19H38N2/c1-5-17-9-7-6-8-12-21(17)18-13-16(19(2,3)4)11-10-15(18)14-20/h15-18H,5-14,20H2,1-4H3. The molecule has 1 aliphatic heterocycles. The zero-order chi connectivity index (χ0) is 15.5. The minimum atomic E-state index is 0.450. The van der Waals surface area contributed by atoms with Gasteiger partial charge < -0.3 is 5.73 Å². The third kappa shape index (κ3) is 4.22. The first-order chi connectivity index (χ1) is 9.97. The van der Waals surface area contributed by atoms with Gasteiger partial charge in [-0.1, -0.05) is 40.5 Å². The van der Waals surface area contributed by atoms with Crippen LogP contribution in [-0.2, 0) is 0 Å². The molecule has 0 aromatic carbocycles. The summed E-state index contributed by atoms with van der Waals surface area (Å²) in [5, 5.41) is 0. The van der Waals surface area contributed by atoms with Crippen LogP contribution in [0.15, 0.2) is 0 Å². The number of nitrogens with zero attached hydrogens (tertiary/aromatic N) is 1. The first-order valence-corrected chi connectivity index (χ1v) is 9.43. The van der Waals surface area contributed by atoms with Crippen molar-refractivity contribution < 1.29 is 0 Å². The Morgan fingerprint density at radius 3 is 2.43 bits per heavy atom. The number of hydrogen-bond donors (Lipinski definition) is 1. The molecular formula is C19H38N2. The minimum Gasteiger partial charge on any atom is -0.330 e. The summed E-state index contributed by atoms with van der Waals surface area (Å²) in [6, 6.07) is 1.56. The molecule has 4 unspecified atom stereocenters. The first-order valence-electron chi connectivity index (χ1n) is 9.43. The SMILES string of the molecule is CCC1CCCCCN1C1CC(C(C)(C)C)CCC1CN. The Balaban J connectivity index is 2.14. The summed E-state index contributed by atoms with van der Waals surface area (Å²) < 4.78 is 0. The second-order valence-electron chi connectivity index (χ2n) is 8.59. The maximum Gasteiger partial charge on any atom is 0.0141 e. The van der Waals surface area contributed by atoms with Gasteiger partial charge in [-0.05, 0) is 68.9 Å². The second-order valence-corrected chi connectivity index (χ2v) is 8.59. The lowest BCUT2D eigenvalue weighted by atomic mass is 9.67. The molecule has 124 valence electrons. The molecule has 4 atom stereocenters. The van der Waals surface area contributed by atoms with Crippen LogP contribution in [0, 0.1) is 17.3 Å². The van der Waals surface area contributed by atoms with Crippen molar-refractivity contribution in [3.63, 3.8) is 0 Å². The first kappa shape index (κ1) is 17.3. The fourth-order valence-electron chi connectivity index (χ4n) is 4.75. The van der Waals surface area contributed by atoms with Crippen molar-refractivity contribution in [3.8, 4) is 0 Å². The molecule has 0 bridgehead atoms. The summed E-state index contributed by atoms with van der Waals surface area (Å²) in [6.07, 6.45) is 11.1. The molecule has 2 heteroatoms. The molecule has 1 aliphatic carbocycles. The Bertz CT molecular complexity index is 307. The lowest BCUT2D eigenvalue weighted by molar-refractivity contribution is 0.0204. The summed E-state index contributed by atoms with van der Waals surface area (Å²) in [7, 11) is 0. The van der Waals surface area contributed by atoms with Gasteiger partial charge in [-0.2, -0.15) is 0 Å². The molecule has 2 rings (SSSR count). The average Bonchev–Trinajstić information content (AvgIpc) is 2.70. The van der Waals surface area contributed by atoms with Gasteiger partial charge in [0.2, 0.25) is 0 Å². The summed E-state index contributed by atoms with van der Waals surface area (Å²) in [4.78, 5) is 2.89. The molecule has 2 aliphatic rings. The molecule has 2 fully saturated rings. The fourth-order valence-corrected chi connectivity index (χ4v) is 4.75. The molecule has 0 spiro atoms. The molecule has 0 aromatic heterocycles. The highest BCUT2D eigenvalue weighted by Crippen LogP contribution is 2.42. The van der Waals surface area contributed by atoms with E-state index in [1.165, 1.54) is 57.9 Å². The van der Waals surface area contributed by atoms with E-state index in [1.807, 2.05) is 0 Å². The third-order valence-electron chi connectivity index (χ3n) is 6.30. The van der Waals surface area contributed by atoms with E-state index in [4.69, 9.17) is 5.73 Å². The fraction of sp³-hybridized carbons (Fsp3) is 1.00. The summed E-state index contributed by atoms with van der Waals surface area (Å²) in [5.41, 5.74) is 6.60. The molecule has 1 saturated heterocycles. The molecular weight excluding hydrogens is 256 g/mol. The van der Waals surface area contributed by atoms with Crippen LogP contribution in [0.25, 0.3) is 0 Å². The van der Waals surface area contributed by atoms with Gasteiger partial charge in [-0.25, -0.2) is 0 Å². The molecule has 0 aromatic rings. The van der Waals surface area contributed by atoms with Gasteiger partial charge in [0.15, 0.2) is 0 Å². The smallest absolute Gasteiger partial charge is 0.0141 e. The molecule has 0 radical (unpaired) electrons. The van der Waals surface area contributed by atoms with E-state index in [1.54, 1.807) is 0 Å². The van der Waals surface area contributed by atoms with Crippen molar-refractivity contribution in [2.75, 3.05) is 13.1 Å².